The van der Waals surface area contributed by atoms with E-state index in [2.05, 4.69) is 18.8 Å². The summed E-state index contributed by atoms with van der Waals surface area (Å²) in [4.78, 5) is 17.2. The Morgan fingerprint density at radius 1 is 1.37 bits per heavy atom. The second-order valence-electron chi connectivity index (χ2n) is 5.32. The van der Waals surface area contributed by atoms with E-state index in [-0.39, 0.29) is 5.91 Å². The summed E-state index contributed by atoms with van der Waals surface area (Å²) in [5, 5.41) is 1.67. The highest BCUT2D eigenvalue weighted by Gasteiger charge is 2.14. The number of aromatic amines is 1. The van der Waals surface area contributed by atoms with Gasteiger partial charge in [-0.1, -0.05) is 31.5 Å². The number of halogens is 1. The molecule has 0 spiro atoms. The van der Waals surface area contributed by atoms with E-state index in [4.69, 9.17) is 11.6 Å². The number of fused-ring (bicyclic) bond motifs is 1. The Kier molecular flexibility index (Phi) is 4.15. The standard InChI is InChI=1S/C15H19ClN2O/c1-10(2)6-7-18(3)15(19)14-8-11-4-5-12(16)9-13(11)17-14/h4-5,8-10,17H,6-7H2,1-3H3. The lowest BCUT2D eigenvalue weighted by atomic mass is 10.1. The lowest BCUT2D eigenvalue weighted by Gasteiger charge is -2.17. The smallest absolute Gasteiger partial charge is 0.270 e. The van der Waals surface area contributed by atoms with Gasteiger partial charge in [0.25, 0.3) is 5.91 Å². The van der Waals surface area contributed by atoms with Crippen LogP contribution in [0.2, 0.25) is 5.02 Å². The van der Waals surface area contributed by atoms with Crippen LogP contribution in [0.4, 0.5) is 0 Å². The van der Waals surface area contributed by atoms with Gasteiger partial charge in [-0.15, -0.1) is 0 Å². The molecule has 0 aliphatic rings. The average Bonchev–Trinajstić information content (AvgIpc) is 2.77. The van der Waals surface area contributed by atoms with Gasteiger partial charge in [-0.05, 0) is 30.5 Å². The molecule has 0 saturated carbocycles. The number of H-pyrrole nitrogens is 1. The average molecular weight is 279 g/mol. The zero-order chi connectivity index (χ0) is 14.0. The van der Waals surface area contributed by atoms with Crippen molar-refractivity contribution in [2.24, 2.45) is 5.92 Å². The number of nitrogens with one attached hydrogen (secondary N) is 1. The Labute approximate surface area is 118 Å². The minimum Gasteiger partial charge on any atom is -0.350 e. The van der Waals surface area contributed by atoms with Crippen LogP contribution in [0, 0.1) is 5.92 Å². The maximum absolute atomic E-state index is 12.3. The zero-order valence-corrected chi connectivity index (χ0v) is 12.3. The fraction of sp³-hybridized carbons (Fsp3) is 0.400. The van der Waals surface area contributed by atoms with E-state index >= 15 is 0 Å². The van der Waals surface area contributed by atoms with Crippen LogP contribution in [0.3, 0.4) is 0 Å². The third-order valence-electron chi connectivity index (χ3n) is 3.20. The molecule has 4 heteroatoms. The molecule has 2 rings (SSSR count). The van der Waals surface area contributed by atoms with Gasteiger partial charge in [-0.3, -0.25) is 4.79 Å². The second kappa shape index (κ2) is 5.66. The lowest BCUT2D eigenvalue weighted by Crippen LogP contribution is -2.28. The zero-order valence-electron chi connectivity index (χ0n) is 11.5. The maximum atomic E-state index is 12.3. The Bertz CT molecular complexity index is 589. The van der Waals surface area contributed by atoms with Gasteiger partial charge in [0.2, 0.25) is 0 Å². The summed E-state index contributed by atoms with van der Waals surface area (Å²) in [6, 6.07) is 7.45. The number of hydrogen-bond acceptors (Lipinski definition) is 1. The minimum absolute atomic E-state index is 0.0213. The van der Waals surface area contributed by atoms with Crippen molar-refractivity contribution in [1.82, 2.24) is 9.88 Å². The fourth-order valence-corrected chi connectivity index (χ4v) is 2.15. The van der Waals surface area contributed by atoms with Crippen molar-refractivity contribution < 1.29 is 4.79 Å². The van der Waals surface area contributed by atoms with Crippen LogP contribution in [-0.2, 0) is 0 Å². The van der Waals surface area contributed by atoms with E-state index in [1.54, 1.807) is 4.90 Å². The highest BCUT2D eigenvalue weighted by atomic mass is 35.5. The van der Waals surface area contributed by atoms with E-state index in [9.17, 15) is 4.79 Å². The molecule has 0 aliphatic carbocycles. The number of carbonyl (C=O) groups excluding carboxylic acids is 1. The molecule has 1 aromatic carbocycles. The summed E-state index contributed by atoms with van der Waals surface area (Å²) in [5.41, 5.74) is 1.51. The highest BCUT2D eigenvalue weighted by molar-refractivity contribution is 6.31. The van der Waals surface area contributed by atoms with Crippen molar-refractivity contribution in [3.05, 3.63) is 35.0 Å². The molecule has 1 aromatic heterocycles. The number of nitrogens with zero attached hydrogens (tertiary/aromatic N) is 1. The largest absolute Gasteiger partial charge is 0.350 e. The van der Waals surface area contributed by atoms with E-state index in [0.717, 1.165) is 23.9 Å². The van der Waals surface area contributed by atoms with Crippen molar-refractivity contribution in [3.63, 3.8) is 0 Å². The van der Waals surface area contributed by atoms with Gasteiger partial charge in [0, 0.05) is 29.5 Å². The maximum Gasteiger partial charge on any atom is 0.270 e. The van der Waals surface area contributed by atoms with Crippen LogP contribution in [0.5, 0.6) is 0 Å². The van der Waals surface area contributed by atoms with Crippen molar-refractivity contribution in [2.45, 2.75) is 20.3 Å². The van der Waals surface area contributed by atoms with Crippen molar-refractivity contribution in [3.8, 4) is 0 Å². The first kappa shape index (κ1) is 13.9. The second-order valence-corrected chi connectivity index (χ2v) is 5.76. The molecule has 3 nitrogen and oxygen atoms in total. The Hall–Kier alpha value is -1.48. The van der Waals surface area contributed by atoms with Crippen LogP contribution < -0.4 is 0 Å². The summed E-state index contributed by atoms with van der Waals surface area (Å²) >= 11 is 5.94. The van der Waals surface area contributed by atoms with Crippen LogP contribution in [0.1, 0.15) is 30.8 Å². The third kappa shape index (κ3) is 3.29. The molecule has 0 aliphatic heterocycles. The van der Waals surface area contributed by atoms with Gasteiger partial charge in [0.1, 0.15) is 5.69 Å². The van der Waals surface area contributed by atoms with E-state index < -0.39 is 0 Å². The van der Waals surface area contributed by atoms with Gasteiger partial charge < -0.3 is 9.88 Å². The van der Waals surface area contributed by atoms with Gasteiger partial charge >= 0.3 is 0 Å². The molecular formula is C15H19ClN2O. The van der Waals surface area contributed by atoms with Crippen LogP contribution in [0.15, 0.2) is 24.3 Å². The summed E-state index contributed by atoms with van der Waals surface area (Å²) in [7, 11) is 1.84. The normalized spacial score (nSPS) is 11.2. The lowest BCUT2D eigenvalue weighted by molar-refractivity contribution is 0.0784. The van der Waals surface area contributed by atoms with Crippen molar-refractivity contribution >= 4 is 28.4 Å². The van der Waals surface area contributed by atoms with E-state index in [1.807, 2.05) is 31.3 Å². The topological polar surface area (TPSA) is 36.1 Å². The van der Waals surface area contributed by atoms with E-state index in [1.165, 1.54) is 0 Å². The van der Waals surface area contributed by atoms with Crippen molar-refractivity contribution in [1.29, 1.82) is 0 Å². The summed E-state index contributed by atoms with van der Waals surface area (Å²) in [6.07, 6.45) is 1.01. The molecule has 0 fully saturated rings. The molecule has 1 amide bonds. The summed E-state index contributed by atoms with van der Waals surface area (Å²) < 4.78 is 0. The first-order valence-corrected chi connectivity index (χ1v) is 6.89. The van der Waals surface area contributed by atoms with Crippen molar-refractivity contribution in [2.75, 3.05) is 13.6 Å². The van der Waals surface area contributed by atoms with Gasteiger partial charge in [0.05, 0.1) is 0 Å². The Balaban J connectivity index is 2.16. The molecule has 0 atom stereocenters. The molecule has 0 bridgehead atoms. The van der Waals surface area contributed by atoms with E-state index in [0.29, 0.717) is 16.6 Å². The number of amides is 1. The van der Waals surface area contributed by atoms with Crippen LogP contribution in [0.25, 0.3) is 10.9 Å². The molecule has 0 saturated heterocycles. The summed E-state index contributed by atoms with van der Waals surface area (Å²) in [6.45, 7) is 5.08. The molecular weight excluding hydrogens is 260 g/mol. The number of benzene rings is 1. The molecule has 19 heavy (non-hydrogen) atoms. The minimum atomic E-state index is 0.0213. The first-order chi connectivity index (χ1) is 8.97. The monoisotopic (exact) mass is 278 g/mol. The number of hydrogen-bond donors (Lipinski definition) is 1. The molecule has 1 N–H and O–H groups in total. The van der Waals surface area contributed by atoms with Gasteiger partial charge in [-0.2, -0.15) is 0 Å². The number of carbonyl (C=O) groups is 1. The summed E-state index contributed by atoms with van der Waals surface area (Å²) in [5.74, 6) is 0.616. The predicted octanol–water partition coefficient (Wildman–Crippen LogP) is 3.94. The number of rotatable bonds is 4. The predicted molar refractivity (Wildman–Crippen MR) is 79.7 cm³/mol. The SMILES string of the molecule is CC(C)CCN(C)C(=O)c1cc2ccc(Cl)cc2[nH]1. The molecule has 102 valence electrons. The van der Waals surface area contributed by atoms with Gasteiger partial charge in [0.15, 0.2) is 0 Å². The molecule has 2 aromatic rings. The van der Waals surface area contributed by atoms with Gasteiger partial charge in [-0.25, -0.2) is 0 Å². The molecule has 0 radical (unpaired) electrons. The highest BCUT2D eigenvalue weighted by Crippen LogP contribution is 2.20. The molecule has 1 heterocycles. The molecule has 0 unspecified atom stereocenters. The number of aromatic nitrogens is 1. The Morgan fingerprint density at radius 2 is 2.11 bits per heavy atom. The third-order valence-corrected chi connectivity index (χ3v) is 3.44. The van der Waals surface area contributed by atoms with Crippen LogP contribution >= 0.6 is 11.6 Å². The first-order valence-electron chi connectivity index (χ1n) is 6.51. The fourth-order valence-electron chi connectivity index (χ4n) is 1.97. The quantitative estimate of drug-likeness (QED) is 0.903. The Morgan fingerprint density at radius 3 is 2.79 bits per heavy atom. The van der Waals surface area contributed by atoms with Crippen LogP contribution in [-0.4, -0.2) is 29.4 Å².